The molecule has 0 bridgehead atoms. The molecule has 0 radical (unpaired) electrons. The van der Waals surface area contributed by atoms with Crippen LogP contribution in [0.4, 0.5) is 0 Å². The summed E-state index contributed by atoms with van der Waals surface area (Å²) in [5.41, 5.74) is 2.40. The molecule has 1 fully saturated rings. The van der Waals surface area contributed by atoms with Gasteiger partial charge in [-0.1, -0.05) is 71.7 Å². The fourth-order valence-corrected chi connectivity index (χ4v) is 7.22. The van der Waals surface area contributed by atoms with Crippen molar-refractivity contribution in [3.63, 3.8) is 0 Å². The van der Waals surface area contributed by atoms with E-state index in [1.807, 2.05) is 54.6 Å². The Morgan fingerprint density at radius 1 is 0.953 bits per heavy atom. The molecule has 3 heterocycles. The second-order valence-corrected chi connectivity index (χ2v) is 13.8. The molecule has 1 saturated heterocycles. The number of aliphatic hydroxyl groups is 1. The molecule has 1 atom stereocenters. The summed E-state index contributed by atoms with van der Waals surface area (Å²) in [5.74, 6) is 0.829. The SMILES string of the molecule is Cn1cnc(Cl)c1C(O)(c1ccc(Cl)cc1)c1ccc2nc(OCCN3CCS(=O)(=O)CC3)c(-c3ccccc3)cc2c1. The number of halogens is 2. The molecule has 3 aromatic carbocycles. The molecule has 2 aromatic heterocycles. The number of hydrogen-bond acceptors (Lipinski definition) is 7. The highest BCUT2D eigenvalue weighted by atomic mass is 35.5. The van der Waals surface area contributed by atoms with Gasteiger partial charge in [0.05, 0.1) is 29.0 Å². The van der Waals surface area contributed by atoms with Gasteiger partial charge in [-0.2, -0.15) is 0 Å². The molecule has 6 rings (SSSR count). The minimum Gasteiger partial charge on any atom is -0.476 e. The molecule has 8 nitrogen and oxygen atoms in total. The van der Waals surface area contributed by atoms with Crippen molar-refractivity contribution in [1.82, 2.24) is 19.4 Å². The summed E-state index contributed by atoms with van der Waals surface area (Å²) in [6, 6.07) is 24.5. The second kappa shape index (κ2) is 11.9. The van der Waals surface area contributed by atoms with Crippen LogP contribution < -0.4 is 4.74 Å². The van der Waals surface area contributed by atoms with Crippen molar-refractivity contribution in [2.24, 2.45) is 7.05 Å². The molecule has 222 valence electrons. The number of pyridine rings is 1. The van der Waals surface area contributed by atoms with Gasteiger partial charge < -0.3 is 14.4 Å². The molecule has 0 spiro atoms. The lowest BCUT2D eigenvalue weighted by molar-refractivity contribution is 0.117. The third-order valence-electron chi connectivity index (χ3n) is 7.86. The molecule has 1 unspecified atom stereocenters. The molecule has 0 saturated carbocycles. The van der Waals surface area contributed by atoms with E-state index in [0.717, 1.165) is 16.5 Å². The van der Waals surface area contributed by atoms with E-state index in [4.69, 9.17) is 32.9 Å². The van der Waals surface area contributed by atoms with Gasteiger partial charge in [-0.3, -0.25) is 4.90 Å². The normalized spacial score (nSPS) is 16.7. The van der Waals surface area contributed by atoms with Crippen LogP contribution in [0.25, 0.3) is 22.0 Å². The first-order chi connectivity index (χ1) is 20.6. The Bertz CT molecular complexity index is 1850. The first-order valence-corrected chi connectivity index (χ1v) is 16.4. The number of nitrogens with zero attached hydrogens (tertiary/aromatic N) is 4. The number of hydrogen-bond donors (Lipinski definition) is 1. The van der Waals surface area contributed by atoms with E-state index in [1.54, 1.807) is 42.2 Å². The number of aryl methyl sites for hydroxylation is 1. The van der Waals surface area contributed by atoms with Crippen LogP contribution in [0.3, 0.4) is 0 Å². The number of benzene rings is 3. The molecule has 0 aliphatic carbocycles. The summed E-state index contributed by atoms with van der Waals surface area (Å²) in [6.45, 7) is 1.97. The van der Waals surface area contributed by atoms with Crippen LogP contribution in [-0.2, 0) is 22.5 Å². The van der Waals surface area contributed by atoms with Gasteiger partial charge in [0.1, 0.15) is 6.61 Å². The smallest absolute Gasteiger partial charge is 0.221 e. The fraction of sp³-hybridized carbons (Fsp3) is 0.250. The lowest BCUT2D eigenvalue weighted by Crippen LogP contribution is -2.42. The van der Waals surface area contributed by atoms with Crippen LogP contribution >= 0.6 is 23.2 Å². The zero-order valence-electron chi connectivity index (χ0n) is 23.5. The van der Waals surface area contributed by atoms with Crippen LogP contribution in [0.1, 0.15) is 16.8 Å². The number of rotatable bonds is 8. The van der Waals surface area contributed by atoms with Gasteiger partial charge in [-0.15, -0.1) is 0 Å². The number of ether oxygens (including phenoxy) is 1. The van der Waals surface area contributed by atoms with Crippen LogP contribution in [0.2, 0.25) is 10.2 Å². The molecule has 0 amide bonds. The Kier molecular flexibility index (Phi) is 8.19. The predicted molar refractivity (Wildman–Crippen MR) is 170 cm³/mol. The number of imidazole rings is 1. The van der Waals surface area contributed by atoms with Crippen molar-refractivity contribution >= 4 is 43.9 Å². The monoisotopic (exact) mass is 636 g/mol. The Morgan fingerprint density at radius 3 is 2.33 bits per heavy atom. The molecular formula is C32H30Cl2N4O4S. The van der Waals surface area contributed by atoms with Crippen LogP contribution in [0, 0.1) is 0 Å². The maximum absolute atomic E-state index is 12.5. The lowest BCUT2D eigenvalue weighted by atomic mass is 9.83. The zero-order valence-corrected chi connectivity index (χ0v) is 25.8. The van der Waals surface area contributed by atoms with E-state index in [1.165, 1.54) is 0 Å². The standard InChI is InChI=1S/C32H30Cl2N4O4S/c1-37-21-35-30(34)29(37)32(39,24-7-10-26(33)11-8-24)25-9-12-28-23(19-25)20-27(22-5-3-2-4-6-22)31(36-28)42-16-13-38-14-17-43(40,41)18-15-38/h2-12,19-21,39H,13-18H2,1H3. The van der Waals surface area contributed by atoms with Crippen molar-refractivity contribution in [1.29, 1.82) is 0 Å². The van der Waals surface area contributed by atoms with Crippen LogP contribution in [0.5, 0.6) is 5.88 Å². The van der Waals surface area contributed by atoms with E-state index in [2.05, 4.69) is 9.88 Å². The number of aromatic nitrogens is 3. The average molecular weight is 638 g/mol. The summed E-state index contributed by atoms with van der Waals surface area (Å²) >= 11 is 12.7. The van der Waals surface area contributed by atoms with E-state index >= 15 is 0 Å². The predicted octanol–water partition coefficient (Wildman–Crippen LogP) is 5.34. The van der Waals surface area contributed by atoms with Crippen molar-refractivity contribution in [3.8, 4) is 17.0 Å². The highest BCUT2D eigenvalue weighted by Gasteiger charge is 2.39. The first kappa shape index (κ1) is 29.6. The molecular weight excluding hydrogens is 607 g/mol. The van der Waals surface area contributed by atoms with Crippen molar-refractivity contribution in [3.05, 3.63) is 112 Å². The third-order valence-corrected chi connectivity index (χ3v) is 10.0. The Morgan fingerprint density at radius 2 is 1.65 bits per heavy atom. The summed E-state index contributed by atoms with van der Waals surface area (Å²) in [4.78, 5) is 11.2. The lowest BCUT2D eigenvalue weighted by Gasteiger charge is -2.30. The van der Waals surface area contributed by atoms with Crippen molar-refractivity contribution in [2.45, 2.75) is 5.60 Å². The van der Waals surface area contributed by atoms with Gasteiger partial charge in [0.25, 0.3) is 0 Å². The van der Waals surface area contributed by atoms with Gasteiger partial charge in [-0.25, -0.2) is 18.4 Å². The van der Waals surface area contributed by atoms with Gasteiger partial charge in [0.15, 0.2) is 20.6 Å². The molecule has 1 aliphatic heterocycles. The number of fused-ring (bicyclic) bond motifs is 1. The van der Waals surface area contributed by atoms with E-state index in [0.29, 0.717) is 59.5 Å². The minimum atomic E-state index is -2.94. The molecule has 43 heavy (non-hydrogen) atoms. The van der Waals surface area contributed by atoms with E-state index in [9.17, 15) is 13.5 Å². The van der Waals surface area contributed by atoms with Crippen LogP contribution in [-0.4, -0.2) is 70.7 Å². The van der Waals surface area contributed by atoms with Gasteiger partial charge in [0.2, 0.25) is 5.88 Å². The van der Waals surface area contributed by atoms with Crippen LogP contribution in [0.15, 0.2) is 85.2 Å². The molecule has 11 heteroatoms. The second-order valence-electron chi connectivity index (χ2n) is 10.7. The zero-order chi connectivity index (χ0) is 30.2. The third kappa shape index (κ3) is 6.01. The summed E-state index contributed by atoms with van der Waals surface area (Å²) in [7, 11) is -1.15. The van der Waals surface area contributed by atoms with Crippen molar-refractivity contribution in [2.75, 3.05) is 37.7 Å². The van der Waals surface area contributed by atoms with E-state index < -0.39 is 15.4 Å². The topological polar surface area (TPSA) is 97.6 Å². The Hall–Kier alpha value is -3.47. The summed E-state index contributed by atoms with van der Waals surface area (Å²) < 4.78 is 31.5. The average Bonchev–Trinajstić information content (AvgIpc) is 3.35. The number of sulfone groups is 1. The van der Waals surface area contributed by atoms with Gasteiger partial charge in [0, 0.05) is 42.7 Å². The summed E-state index contributed by atoms with van der Waals surface area (Å²) in [5, 5.41) is 14.0. The largest absolute Gasteiger partial charge is 0.476 e. The van der Waals surface area contributed by atoms with Crippen molar-refractivity contribution < 1.29 is 18.3 Å². The minimum absolute atomic E-state index is 0.172. The maximum atomic E-state index is 12.5. The van der Waals surface area contributed by atoms with E-state index in [-0.39, 0.29) is 16.7 Å². The Labute approximate surface area is 260 Å². The van der Waals surface area contributed by atoms with Gasteiger partial charge in [-0.05, 0) is 47.0 Å². The van der Waals surface area contributed by atoms with Gasteiger partial charge >= 0.3 is 0 Å². The quantitative estimate of drug-likeness (QED) is 0.246. The molecule has 1 aliphatic rings. The first-order valence-electron chi connectivity index (χ1n) is 13.9. The summed E-state index contributed by atoms with van der Waals surface area (Å²) in [6.07, 6.45) is 1.57. The highest BCUT2D eigenvalue weighted by Crippen LogP contribution is 2.41. The molecule has 5 aromatic rings. The molecule has 1 N–H and O–H groups in total. The highest BCUT2D eigenvalue weighted by molar-refractivity contribution is 7.91. The Balaban J connectivity index is 1.40. The fourth-order valence-electron chi connectivity index (χ4n) is 5.50. The maximum Gasteiger partial charge on any atom is 0.221 e.